The molecule has 1 aliphatic rings. The highest BCUT2D eigenvalue weighted by Crippen LogP contribution is 2.35. The van der Waals surface area contributed by atoms with Gasteiger partial charge in [0.2, 0.25) is 6.79 Å². The van der Waals surface area contributed by atoms with E-state index in [0.29, 0.717) is 0 Å². The monoisotopic (exact) mass is 293 g/mol. The Morgan fingerprint density at radius 3 is 2.86 bits per heavy atom. The minimum absolute atomic E-state index is 0.273. The van der Waals surface area contributed by atoms with E-state index in [4.69, 9.17) is 9.47 Å². The lowest BCUT2D eigenvalue weighted by molar-refractivity contribution is 0.174. The molecule has 2 heterocycles. The van der Waals surface area contributed by atoms with E-state index in [1.165, 1.54) is 5.56 Å². The van der Waals surface area contributed by atoms with E-state index in [1.54, 1.807) is 6.33 Å². The van der Waals surface area contributed by atoms with Crippen LogP contribution in [0.4, 0.5) is 11.5 Å². The predicted octanol–water partition coefficient (Wildman–Crippen LogP) is 3.66. The molecule has 3 aromatic rings. The number of aromatic nitrogens is 2. The highest BCUT2D eigenvalue weighted by Gasteiger charge is 2.14. The number of rotatable bonds is 3. The van der Waals surface area contributed by atoms with Crippen LogP contribution in [-0.2, 0) is 6.42 Å². The normalized spacial score (nSPS) is 12.6. The van der Waals surface area contributed by atoms with Gasteiger partial charge >= 0.3 is 0 Å². The largest absolute Gasteiger partial charge is 0.454 e. The first-order chi connectivity index (χ1) is 10.8. The van der Waals surface area contributed by atoms with Crippen molar-refractivity contribution < 1.29 is 9.47 Å². The van der Waals surface area contributed by atoms with Crippen molar-refractivity contribution in [2.24, 2.45) is 0 Å². The van der Waals surface area contributed by atoms with Gasteiger partial charge in [-0.3, -0.25) is 0 Å². The summed E-state index contributed by atoms with van der Waals surface area (Å²) in [5, 5.41) is 4.35. The Bertz CT molecular complexity index is 848. The molecule has 5 heteroatoms. The van der Waals surface area contributed by atoms with Gasteiger partial charge in [0.15, 0.2) is 11.5 Å². The van der Waals surface area contributed by atoms with E-state index in [1.807, 2.05) is 24.3 Å². The second-order valence-corrected chi connectivity index (χ2v) is 5.12. The Kier molecular flexibility index (Phi) is 3.04. The van der Waals surface area contributed by atoms with Crippen LogP contribution in [0.5, 0.6) is 11.5 Å². The van der Waals surface area contributed by atoms with E-state index in [0.717, 1.165) is 40.3 Å². The van der Waals surface area contributed by atoms with Crippen molar-refractivity contribution in [2.75, 3.05) is 12.1 Å². The standard InChI is InChI=1S/C17H15N3O2/c1-2-11-3-5-14-13(7-11)17(19-9-18-14)20-12-4-6-15-16(8-12)22-10-21-15/h3-9H,2,10H2,1H3,(H,18,19,20). The molecule has 0 bridgehead atoms. The minimum Gasteiger partial charge on any atom is -0.454 e. The number of hydrogen-bond acceptors (Lipinski definition) is 5. The van der Waals surface area contributed by atoms with Crippen LogP contribution in [0.1, 0.15) is 12.5 Å². The lowest BCUT2D eigenvalue weighted by Crippen LogP contribution is -1.96. The summed E-state index contributed by atoms with van der Waals surface area (Å²) in [6, 6.07) is 12.0. The zero-order valence-electron chi connectivity index (χ0n) is 12.2. The Hall–Kier alpha value is -2.82. The summed E-state index contributed by atoms with van der Waals surface area (Å²) in [7, 11) is 0. The van der Waals surface area contributed by atoms with Crippen LogP contribution >= 0.6 is 0 Å². The lowest BCUT2D eigenvalue weighted by Gasteiger charge is -2.10. The quantitative estimate of drug-likeness (QED) is 0.798. The maximum Gasteiger partial charge on any atom is 0.231 e. The maximum atomic E-state index is 5.41. The Balaban J connectivity index is 1.74. The SMILES string of the molecule is CCc1ccc2ncnc(Nc3ccc4c(c3)OCO4)c2c1. The molecule has 0 spiro atoms. The van der Waals surface area contributed by atoms with Gasteiger partial charge < -0.3 is 14.8 Å². The summed E-state index contributed by atoms with van der Waals surface area (Å²) in [6.07, 6.45) is 2.55. The molecule has 1 aromatic heterocycles. The predicted molar refractivity (Wildman–Crippen MR) is 84.8 cm³/mol. The molecule has 0 unspecified atom stereocenters. The van der Waals surface area contributed by atoms with Crippen LogP contribution in [0.15, 0.2) is 42.7 Å². The molecule has 22 heavy (non-hydrogen) atoms. The fraction of sp³-hybridized carbons (Fsp3) is 0.176. The summed E-state index contributed by atoms with van der Waals surface area (Å²) in [6.45, 7) is 2.41. The third kappa shape index (κ3) is 2.20. The molecule has 0 radical (unpaired) electrons. The van der Waals surface area contributed by atoms with Crippen LogP contribution in [0, 0.1) is 0 Å². The molecule has 0 saturated carbocycles. The molecule has 0 saturated heterocycles. The van der Waals surface area contributed by atoms with Crippen LogP contribution in [0.25, 0.3) is 10.9 Å². The number of anilines is 2. The average Bonchev–Trinajstić information content (AvgIpc) is 3.02. The third-order valence-corrected chi connectivity index (χ3v) is 3.74. The number of nitrogens with one attached hydrogen (secondary N) is 1. The second kappa shape index (κ2) is 5.18. The topological polar surface area (TPSA) is 56.3 Å². The number of hydrogen-bond donors (Lipinski definition) is 1. The maximum absolute atomic E-state index is 5.41. The Labute approximate surface area is 127 Å². The van der Waals surface area contributed by atoms with Gasteiger partial charge in [-0.1, -0.05) is 13.0 Å². The molecule has 0 aliphatic carbocycles. The van der Waals surface area contributed by atoms with Gasteiger partial charge in [-0.05, 0) is 36.2 Å². The van der Waals surface area contributed by atoms with Crippen molar-refractivity contribution >= 4 is 22.4 Å². The molecule has 0 amide bonds. The van der Waals surface area contributed by atoms with Crippen LogP contribution in [0.3, 0.4) is 0 Å². The van der Waals surface area contributed by atoms with E-state index in [9.17, 15) is 0 Å². The van der Waals surface area contributed by atoms with Gasteiger partial charge in [0.05, 0.1) is 5.52 Å². The fourth-order valence-electron chi connectivity index (χ4n) is 2.53. The van der Waals surface area contributed by atoms with Crippen LogP contribution < -0.4 is 14.8 Å². The lowest BCUT2D eigenvalue weighted by atomic mass is 10.1. The van der Waals surface area contributed by atoms with Crippen molar-refractivity contribution in [3.8, 4) is 11.5 Å². The van der Waals surface area contributed by atoms with E-state index < -0.39 is 0 Å². The summed E-state index contributed by atoms with van der Waals surface area (Å²) in [5.74, 6) is 2.31. The second-order valence-electron chi connectivity index (χ2n) is 5.12. The molecule has 1 aliphatic heterocycles. The summed E-state index contributed by atoms with van der Waals surface area (Å²) in [5.41, 5.74) is 3.10. The molecule has 4 rings (SSSR count). The zero-order valence-corrected chi connectivity index (χ0v) is 12.2. The number of ether oxygens (including phenoxy) is 2. The zero-order chi connectivity index (χ0) is 14.9. The van der Waals surface area contributed by atoms with E-state index >= 15 is 0 Å². The third-order valence-electron chi connectivity index (χ3n) is 3.74. The van der Waals surface area contributed by atoms with Crippen molar-refractivity contribution in [2.45, 2.75) is 13.3 Å². The van der Waals surface area contributed by atoms with Gasteiger partial charge in [0.1, 0.15) is 12.1 Å². The van der Waals surface area contributed by atoms with Crippen molar-refractivity contribution in [3.63, 3.8) is 0 Å². The molecule has 5 nitrogen and oxygen atoms in total. The van der Waals surface area contributed by atoms with Gasteiger partial charge in [-0.15, -0.1) is 0 Å². The minimum atomic E-state index is 0.273. The molecule has 110 valence electrons. The number of nitrogens with zero attached hydrogens (tertiary/aromatic N) is 2. The van der Waals surface area contributed by atoms with Crippen molar-refractivity contribution in [1.82, 2.24) is 9.97 Å². The van der Waals surface area contributed by atoms with Crippen LogP contribution in [0.2, 0.25) is 0 Å². The van der Waals surface area contributed by atoms with E-state index in [-0.39, 0.29) is 6.79 Å². The number of fused-ring (bicyclic) bond motifs is 2. The first kappa shape index (κ1) is 12.9. The van der Waals surface area contributed by atoms with E-state index in [2.05, 4.69) is 34.3 Å². The molecule has 2 aromatic carbocycles. The Morgan fingerprint density at radius 1 is 1.05 bits per heavy atom. The van der Waals surface area contributed by atoms with Gasteiger partial charge in [0, 0.05) is 17.1 Å². The summed E-state index contributed by atoms with van der Waals surface area (Å²) >= 11 is 0. The molecule has 0 atom stereocenters. The highest BCUT2D eigenvalue weighted by atomic mass is 16.7. The molecule has 0 fully saturated rings. The highest BCUT2D eigenvalue weighted by molar-refractivity contribution is 5.91. The fourth-order valence-corrected chi connectivity index (χ4v) is 2.53. The summed E-state index contributed by atoms with van der Waals surface area (Å²) in [4.78, 5) is 8.70. The molecular weight excluding hydrogens is 278 g/mol. The Morgan fingerprint density at radius 2 is 1.95 bits per heavy atom. The van der Waals surface area contributed by atoms with Gasteiger partial charge in [-0.2, -0.15) is 0 Å². The first-order valence-corrected chi connectivity index (χ1v) is 7.24. The van der Waals surface area contributed by atoms with Crippen molar-refractivity contribution in [3.05, 3.63) is 48.3 Å². The first-order valence-electron chi connectivity index (χ1n) is 7.24. The van der Waals surface area contributed by atoms with Crippen molar-refractivity contribution in [1.29, 1.82) is 0 Å². The number of aryl methyl sites for hydroxylation is 1. The summed E-state index contributed by atoms with van der Waals surface area (Å²) < 4.78 is 10.7. The molecule has 1 N–H and O–H groups in total. The van der Waals surface area contributed by atoms with Gasteiger partial charge in [0.25, 0.3) is 0 Å². The molecular formula is C17H15N3O2. The number of benzene rings is 2. The van der Waals surface area contributed by atoms with Gasteiger partial charge in [-0.25, -0.2) is 9.97 Å². The van der Waals surface area contributed by atoms with Crippen LogP contribution in [-0.4, -0.2) is 16.8 Å². The average molecular weight is 293 g/mol. The smallest absolute Gasteiger partial charge is 0.231 e.